The lowest BCUT2D eigenvalue weighted by atomic mass is 10.1. The quantitative estimate of drug-likeness (QED) is 0.747. The predicted molar refractivity (Wildman–Crippen MR) is 71.9 cm³/mol. The third kappa shape index (κ3) is 3.95. The molecular formula is C14H21FN2O. The van der Waals surface area contributed by atoms with Crippen LogP contribution in [0.4, 0.5) is 4.39 Å². The van der Waals surface area contributed by atoms with Crippen molar-refractivity contribution >= 4 is 0 Å². The van der Waals surface area contributed by atoms with Crippen molar-refractivity contribution in [3.8, 4) is 11.4 Å². The van der Waals surface area contributed by atoms with Gasteiger partial charge >= 0.3 is 0 Å². The molecule has 1 aromatic heterocycles. The normalized spacial score (nSPS) is 8.83. The molecule has 100 valence electrons. The van der Waals surface area contributed by atoms with E-state index in [1.807, 2.05) is 40.7 Å². The smallest absolute Gasteiger partial charge is 0.223 e. The molecule has 0 bridgehead atoms. The molecule has 0 fully saturated rings. The Morgan fingerprint density at radius 1 is 1.06 bits per heavy atom. The molecule has 0 N–H and O–H groups in total. The Kier molecular flexibility index (Phi) is 7.59. The lowest BCUT2D eigenvalue weighted by molar-refractivity contribution is 0.394. The van der Waals surface area contributed by atoms with E-state index in [9.17, 15) is 4.39 Å². The van der Waals surface area contributed by atoms with E-state index in [2.05, 4.69) is 10.1 Å². The van der Waals surface area contributed by atoms with Crippen LogP contribution in [0.2, 0.25) is 0 Å². The molecule has 0 atom stereocenters. The van der Waals surface area contributed by atoms with Gasteiger partial charge in [0.1, 0.15) is 5.82 Å². The number of nitrogens with zero attached hydrogens (tertiary/aromatic N) is 2. The van der Waals surface area contributed by atoms with E-state index in [1.54, 1.807) is 13.0 Å². The zero-order chi connectivity index (χ0) is 14.1. The van der Waals surface area contributed by atoms with E-state index < -0.39 is 0 Å². The third-order valence-corrected chi connectivity index (χ3v) is 1.97. The Hall–Kier alpha value is -1.71. The van der Waals surface area contributed by atoms with Gasteiger partial charge in [-0.25, -0.2) is 4.39 Å². The van der Waals surface area contributed by atoms with Crippen LogP contribution in [0.5, 0.6) is 0 Å². The van der Waals surface area contributed by atoms with E-state index in [0.717, 1.165) is 5.56 Å². The van der Waals surface area contributed by atoms with Crippen LogP contribution in [-0.2, 0) is 0 Å². The largest absolute Gasteiger partial charge is 0.339 e. The first-order valence-corrected chi connectivity index (χ1v) is 6.24. The van der Waals surface area contributed by atoms with Crippen molar-refractivity contribution in [3.05, 3.63) is 35.5 Å². The standard InChI is InChI=1S/C10H9FN2O.2C2H6/c1-6-4-3-5-8(11)9(6)10-12-7(2)14-13-10;2*1-2/h3-5H,1-2H3;2*1-2H3. The van der Waals surface area contributed by atoms with Crippen molar-refractivity contribution in [1.82, 2.24) is 10.1 Å². The first-order chi connectivity index (χ1) is 8.68. The maximum absolute atomic E-state index is 13.4. The molecule has 2 aromatic rings. The van der Waals surface area contributed by atoms with Crippen LogP contribution in [0.25, 0.3) is 11.4 Å². The first-order valence-electron chi connectivity index (χ1n) is 6.24. The molecule has 1 heterocycles. The van der Waals surface area contributed by atoms with E-state index in [-0.39, 0.29) is 5.82 Å². The molecule has 0 aliphatic carbocycles. The number of benzene rings is 1. The van der Waals surface area contributed by atoms with E-state index >= 15 is 0 Å². The second-order valence-corrected chi connectivity index (χ2v) is 3.07. The molecule has 0 aliphatic rings. The Morgan fingerprint density at radius 3 is 2.11 bits per heavy atom. The molecule has 4 heteroatoms. The summed E-state index contributed by atoms with van der Waals surface area (Å²) in [6.45, 7) is 11.5. The summed E-state index contributed by atoms with van der Waals surface area (Å²) in [6.07, 6.45) is 0. The summed E-state index contributed by atoms with van der Waals surface area (Å²) < 4.78 is 18.2. The fraction of sp³-hybridized carbons (Fsp3) is 0.429. The van der Waals surface area contributed by atoms with Gasteiger partial charge in [0.25, 0.3) is 0 Å². The van der Waals surface area contributed by atoms with Crippen molar-refractivity contribution in [2.75, 3.05) is 0 Å². The number of rotatable bonds is 1. The molecular weight excluding hydrogens is 231 g/mol. The van der Waals surface area contributed by atoms with Crippen LogP contribution in [0.3, 0.4) is 0 Å². The second-order valence-electron chi connectivity index (χ2n) is 3.07. The van der Waals surface area contributed by atoms with Gasteiger partial charge in [0.05, 0.1) is 5.56 Å². The number of hydrogen-bond donors (Lipinski definition) is 0. The molecule has 3 nitrogen and oxygen atoms in total. The molecule has 0 spiro atoms. The molecule has 0 aliphatic heterocycles. The Labute approximate surface area is 108 Å². The Morgan fingerprint density at radius 2 is 1.67 bits per heavy atom. The van der Waals surface area contributed by atoms with Gasteiger partial charge in [-0.2, -0.15) is 4.98 Å². The van der Waals surface area contributed by atoms with E-state index in [4.69, 9.17) is 4.52 Å². The van der Waals surface area contributed by atoms with Crippen LogP contribution >= 0.6 is 0 Å². The average Bonchev–Trinajstić information content (AvgIpc) is 2.81. The monoisotopic (exact) mass is 252 g/mol. The van der Waals surface area contributed by atoms with Gasteiger partial charge in [0.2, 0.25) is 11.7 Å². The third-order valence-electron chi connectivity index (χ3n) is 1.97. The zero-order valence-corrected chi connectivity index (χ0v) is 11.9. The molecule has 0 saturated heterocycles. The lowest BCUT2D eigenvalue weighted by Crippen LogP contribution is -1.90. The maximum atomic E-state index is 13.4. The fourth-order valence-electron chi connectivity index (χ4n) is 1.32. The van der Waals surface area contributed by atoms with Gasteiger partial charge in [-0.3, -0.25) is 0 Å². The predicted octanol–water partition coefficient (Wildman–Crippen LogP) is 4.54. The highest BCUT2D eigenvalue weighted by molar-refractivity contribution is 5.59. The first kappa shape index (κ1) is 16.3. The fourth-order valence-corrected chi connectivity index (χ4v) is 1.32. The van der Waals surface area contributed by atoms with Crippen molar-refractivity contribution in [3.63, 3.8) is 0 Å². The number of aryl methyl sites for hydroxylation is 2. The number of hydrogen-bond acceptors (Lipinski definition) is 3. The van der Waals surface area contributed by atoms with Crippen molar-refractivity contribution in [1.29, 1.82) is 0 Å². The van der Waals surface area contributed by atoms with Crippen molar-refractivity contribution in [2.24, 2.45) is 0 Å². The molecule has 0 radical (unpaired) electrons. The average molecular weight is 252 g/mol. The minimum absolute atomic E-state index is 0.304. The van der Waals surface area contributed by atoms with E-state index in [0.29, 0.717) is 17.3 Å². The molecule has 0 unspecified atom stereocenters. The topological polar surface area (TPSA) is 38.9 Å². The lowest BCUT2D eigenvalue weighted by Gasteiger charge is -2.00. The summed E-state index contributed by atoms with van der Waals surface area (Å²) in [6, 6.07) is 4.85. The maximum Gasteiger partial charge on any atom is 0.223 e. The van der Waals surface area contributed by atoms with Crippen molar-refractivity contribution in [2.45, 2.75) is 41.5 Å². The number of halogens is 1. The number of aromatic nitrogens is 2. The molecule has 18 heavy (non-hydrogen) atoms. The van der Waals surface area contributed by atoms with Gasteiger partial charge in [-0.1, -0.05) is 45.0 Å². The highest BCUT2D eigenvalue weighted by Crippen LogP contribution is 2.23. The van der Waals surface area contributed by atoms with Gasteiger partial charge < -0.3 is 4.52 Å². The summed E-state index contributed by atoms with van der Waals surface area (Å²) in [5, 5.41) is 3.68. The van der Waals surface area contributed by atoms with E-state index in [1.165, 1.54) is 6.07 Å². The Balaban J connectivity index is 0.000000659. The van der Waals surface area contributed by atoms with Crippen LogP contribution in [0.15, 0.2) is 22.7 Å². The van der Waals surface area contributed by atoms with Crippen LogP contribution in [0.1, 0.15) is 39.1 Å². The Bertz CT molecular complexity index is 446. The summed E-state index contributed by atoms with van der Waals surface area (Å²) in [5.41, 5.74) is 1.20. The SMILES string of the molecule is CC.CC.Cc1nc(-c2c(C)cccc2F)no1. The minimum atomic E-state index is -0.328. The van der Waals surface area contributed by atoms with Gasteiger partial charge in [-0.15, -0.1) is 0 Å². The molecule has 0 amide bonds. The van der Waals surface area contributed by atoms with Gasteiger partial charge in [-0.05, 0) is 18.6 Å². The summed E-state index contributed by atoms with van der Waals surface area (Å²) in [7, 11) is 0. The van der Waals surface area contributed by atoms with Gasteiger partial charge in [0.15, 0.2) is 0 Å². The van der Waals surface area contributed by atoms with Crippen LogP contribution < -0.4 is 0 Å². The van der Waals surface area contributed by atoms with Crippen molar-refractivity contribution < 1.29 is 8.91 Å². The summed E-state index contributed by atoms with van der Waals surface area (Å²) >= 11 is 0. The molecule has 0 saturated carbocycles. The zero-order valence-electron chi connectivity index (χ0n) is 11.9. The molecule has 2 rings (SSSR count). The van der Waals surface area contributed by atoms with Gasteiger partial charge in [0, 0.05) is 6.92 Å². The van der Waals surface area contributed by atoms with Crippen LogP contribution in [0, 0.1) is 19.7 Å². The minimum Gasteiger partial charge on any atom is -0.339 e. The highest BCUT2D eigenvalue weighted by Gasteiger charge is 2.13. The molecule has 1 aromatic carbocycles. The summed E-state index contributed by atoms with van der Waals surface area (Å²) in [5.74, 6) is 0.409. The summed E-state index contributed by atoms with van der Waals surface area (Å²) in [4.78, 5) is 3.98. The highest BCUT2D eigenvalue weighted by atomic mass is 19.1. The second kappa shape index (κ2) is 8.39. The van der Waals surface area contributed by atoms with Crippen LogP contribution in [-0.4, -0.2) is 10.1 Å².